The molecule has 0 saturated carbocycles. The minimum Gasteiger partial charge on any atom is -0.493 e. The highest BCUT2D eigenvalue weighted by atomic mass is 19.1. The quantitative estimate of drug-likeness (QED) is 0.866. The maximum absolute atomic E-state index is 13.7. The van der Waals surface area contributed by atoms with Crippen molar-refractivity contribution in [2.45, 2.75) is 19.3 Å². The van der Waals surface area contributed by atoms with Crippen molar-refractivity contribution >= 4 is 5.97 Å². The molecular formula is C12H12F2O3. The van der Waals surface area contributed by atoms with Crippen molar-refractivity contribution in [3.05, 3.63) is 29.3 Å². The van der Waals surface area contributed by atoms with E-state index in [1.807, 2.05) is 0 Å². The molecule has 2 atom stereocenters. The highest BCUT2D eigenvalue weighted by Gasteiger charge is 2.33. The third-order valence-electron chi connectivity index (χ3n) is 3.11. The lowest BCUT2D eigenvalue weighted by Gasteiger charge is -2.28. The lowest BCUT2D eigenvalue weighted by atomic mass is 9.83. The van der Waals surface area contributed by atoms with Gasteiger partial charge in [-0.25, -0.2) is 8.78 Å². The maximum atomic E-state index is 13.7. The van der Waals surface area contributed by atoms with Crippen LogP contribution in [0.1, 0.15) is 24.8 Å². The smallest absolute Gasteiger partial charge is 0.306 e. The summed E-state index contributed by atoms with van der Waals surface area (Å²) >= 11 is 0. The van der Waals surface area contributed by atoms with Crippen molar-refractivity contribution in [3.8, 4) is 5.75 Å². The highest BCUT2D eigenvalue weighted by Crippen LogP contribution is 2.40. The number of aliphatic carboxylic acids is 1. The van der Waals surface area contributed by atoms with Gasteiger partial charge in [0.1, 0.15) is 17.4 Å². The van der Waals surface area contributed by atoms with E-state index in [1.165, 1.54) is 6.92 Å². The summed E-state index contributed by atoms with van der Waals surface area (Å²) in [7, 11) is 0. The van der Waals surface area contributed by atoms with Gasteiger partial charge in [0.25, 0.3) is 0 Å². The molecule has 92 valence electrons. The van der Waals surface area contributed by atoms with Crippen molar-refractivity contribution in [2.24, 2.45) is 5.92 Å². The zero-order valence-electron chi connectivity index (χ0n) is 9.24. The molecule has 0 amide bonds. The maximum Gasteiger partial charge on any atom is 0.306 e. The molecule has 2 unspecified atom stereocenters. The molecule has 17 heavy (non-hydrogen) atoms. The molecule has 0 fully saturated rings. The van der Waals surface area contributed by atoms with Gasteiger partial charge < -0.3 is 9.84 Å². The van der Waals surface area contributed by atoms with Gasteiger partial charge in [-0.3, -0.25) is 4.79 Å². The Morgan fingerprint density at radius 3 is 2.88 bits per heavy atom. The third kappa shape index (κ3) is 2.09. The Morgan fingerprint density at radius 2 is 2.24 bits per heavy atom. The predicted octanol–water partition coefficient (Wildman–Crippen LogP) is 2.55. The second kappa shape index (κ2) is 4.31. The Kier molecular flexibility index (Phi) is 3.00. The molecule has 1 aliphatic heterocycles. The summed E-state index contributed by atoms with van der Waals surface area (Å²) in [5, 5.41) is 8.97. The number of rotatable bonds is 2. The van der Waals surface area contributed by atoms with Gasteiger partial charge in [0.05, 0.1) is 12.5 Å². The van der Waals surface area contributed by atoms with Crippen LogP contribution < -0.4 is 4.74 Å². The number of benzene rings is 1. The average molecular weight is 242 g/mol. The molecular weight excluding hydrogens is 230 g/mol. The van der Waals surface area contributed by atoms with Gasteiger partial charge in [0.2, 0.25) is 0 Å². The van der Waals surface area contributed by atoms with Gasteiger partial charge in [-0.1, -0.05) is 6.92 Å². The average Bonchev–Trinajstić information content (AvgIpc) is 2.26. The molecule has 0 saturated heterocycles. The predicted molar refractivity (Wildman–Crippen MR) is 56.0 cm³/mol. The fourth-order valence-corrected chi connectivity index (χ4v) is 2.15. The first kappa shape index (κ1) is 11.8. The lowest BCUT2D eigenvalue weighted by Crippen LogP contribution is -2.26. The first-order chi connectivity index (χ1) is 8.00. The summed E-state index contributed by atoms with van der Waals surface area (Å²) < 4.78 is 31.9. The Hall–Kier alpha value is -1.65. The highest BCUT2D eigenvalue weighted by molar-refractivity contribution is 5.71. The van der Waals surface area contributed by atoms with Crippen LogP contribution in [0.2, 0.25) is 0 Å². The van der Waals surface area contributed by atoms with E-state index < -0.39 is 29.4 Å². The van der Waals surface area contributed by atoms with E-state index in [1.54, 1.807) is 0 Å². The largest absolute Gasteiger partial charge is 0.493 e. The number of carbonyl (C=O) groups is 1. The second-order valence-electron chi connectivity index (χ2n) is 4.17. The molecule has 0 spiro atoms. The number of ether oxygens (including phenoxy) is 1. The number of hydrogen-bond acceptors (Lipinski definition) is 2. The Balaban J connectivity index is 2.47. The normalized spacial score (nSPS) is 20.3. The van der Waals surface area contributed by atoms with Gasteiger partial charge in [-0.2, -0.15) is 0 Å². The topological polar surface area (TPSA) is 46.5 Å². The van der Waals surface area contributed by atoms with Crippen LogP contribution in [0.15, 0.2) is 12.1 Å². The molecule has 1 N–H and O–H groups in total. The van der Waals surface area contributed by atoms with Crippen LogP contribution in [0.4, 0.5) is 8.78 Å². The van der Waals surface area contributed by atoms with E-state index in [4.69, 9.17) is 9.84 Å². The molecule has 1 aromatic rings. The molecule has 5 heteroatoms. The summed E-state index contributed by atoms with van der Waals surface area (Å²) in [4.78, 5) is 10.9. The standard InChI is InChI=1S/C12H12F2O3/c1-6(12(15)16)8-2-3-17-10-5-7(13)4-9(14)11(8)10/h4-6,8H,2-3H2,1H3,(H,15,16). The van der Waals surface area contributed by atoms with Crippen LogP contribution >= 0.6 is 0 Å². The monoisotopic (exact) mass is 242 g/mol. The van der Waals surface area contributed by atoms with Crippen LogP contribution in [0.3, 0.4) is 0 Å². The zero-order valence-corrected chi connectivity index (χ0v) is 9.24. The molecule has 0 aromatic heterocycles. The molecule has 0 aliphatic carbocycles. The zero-order chi connectivity index (χ0) is 12.6. The van der Waals surface area contributed by atoms with Crippen LogP contribution in [0, 0.1) is 17.6 Å². The molecule has 2 rings (SSSR count). The minimum absolute atomic E-state index is 0.117. The molecule has 0 bridgehead atoms. The van der Waals surface area contributed by atoms with E-state index >= 15 is 0 Å². The summed E-state index contributed by atoms with van der Waals surface area (Å²) in [6.45, 7) is 1.79. The van der Waals surface area contributed by atoms with Crippen LogP contribution in [-0.2, 0) is 4.79 Å². The first-order valence-corrected chi connectivity index (χ1v) is 5.35. The van der Waals surface area contributed by atoms with E-state index in [9.17, 15) is 13.6 Å². The first-order valence-electron chi connectivity index (χ1n) is 5.35. The third-order valence-corrected chi connectivity index (χ3v) is 3.11. The second-order valence-corrected chi connectivity index (χ2v) is 4.17. The number of hydrogen-bond donors (Lipinski definition) is 1. The van der Waals surface area contributed by atoms with E-state index in [-0.39, 0.29) is 17.9 Å². The summed E-state index contributed by atoms with van der Waals surface area (Å²) in [5.74, 6) is -3.53. The van der Waals surface area contributed by atoms with E-state index in [2.05, 4.69) is 0 Å². The van der Waals surface area contributed by atoms with E-state index in [0.717, 1.165) is 12.1 Å². The fourth-order valence-electron chi connectivity index (χ4n) is 2.15. The molecule has 1 heterocycles. The van der Waals surface area contributed by atoms with Crippen molar-refractivity contribution in [3.63, 3.8) is 0 Å². The Labute approximate surface area is 97.0 Å². The van der Waals surface area contributed by atoms with Crippen LogP contribution in [-0.4, -0.2) is 17.7 Å². The molecule has 3 nitrogen and oxygen atoms in total. The Bertz CT molecular complexity index is 459. The number of carboxylic acid groups (broad SMARTS) is 1. The SMILES string of the molecule is CC(C(=O)O)C1CCOc2cc(F)cc(F)c21. The number of halogens is 2. The van der Waals surface area contributed by atoms with Gasteiger partial charge in [-0.05, 0) is 6.42 Å². The van der Waals surface area contributed by atoms with Crippen LogP contribution in [0.25, 0.3) is 0 Å². The van der Waals surface area contributed by atoms with Gasteiger partial charge in [-0.15, -0.1) is 0 Å². The summed E-state index contributed by atoms with van der Waals surface area (Å²) in [5.41, 5.74) is 0.174. The molecule has 1 aromatic carbocycles. The molecule has 0 radical (unpaired) electrons. The summed E-state index contributed by atoms with van der Waals surface area (Å²) in [6.07, 6.45) is 0.420. The van der Waals surface area contributed by atoms with Crippen molar-refractivity contribution in [1.29, 1.82) is 0 Å². The fraction of sp³-hybridized carbons (Fsp3) is 0.417. The van der Waals surface area contributed by atoms with Crippen molar-refractivity contribution in [1.82, 2.24) is 0 Å². The Morgan fingerprint density at radius 1 is 1.53 bits per heavy atom. The van der Waals surface area contributed by atoms with Crippen molar-refractivity contribution in [2.75, 3.05) is 6.61 Å². The minimum atomic E-state index is -0.994. The lowest BCUT2D eigenvalue weighted by molar-refractivity contribution is -0.142. The van der Waals surface area contributed by atoms with Gasteiger partial charge in [0, 0.05) is 23.6 Å². The van der Waals surface area contributed by atoms with Crippen molar-refractivity contribution < 1.29 is 23.4 Å². The van der Waals surface area contributed by atoms with Crippen LogP contribution in [0.5, 0.6) is 5.75 Å². The summed E-state index contributed by atoms with van der Waals surface area (Å²) in [6, 6.07) is 1.86. The number of carboxylic acids is 1. The number of fused-ring (bicyclic) bond motifs is 1. The molecule has 1 aliphatic rings. The van der Waals surface area contributed by atoms with E-state index in [0.29, 0.717) is 6.42 Å². The van der Waals surface area contributed by atoms with Gasteiger partial charge in [0.15, 0.2) is 0 Å². The van der Waals surface area contributed by atoms with Gasteiger partial charge >= 0.3 is 5.97 Å².